The quantitative estimate of drug-likeness (QED) is 0.0957. The highest BCUT2D eigenvalue weighted by Crippen LogP contribution is 2.31. The minimum Gasteiger partial charge on any atom is -0.485 e. The van der Waals surface area contributed by atoms with Crippen LogP contribution in [0.25, 0.3) is 5.65 Å². The number of hydrogen-bond acceptors (Lipinski definition) is 5. The van der Waals surface area contributed by atoms with Crippen LogP contribution in [0.4, 0.5) is 22.0 Å². The number of carbonyl (C=O) groups excluding carboxylic acids is 2. The molecule has 4 aromatic rings. The third kappa shape index (κ3) is 8.37. The molecule has 4 rings (SSSR count). The second kappa shape index (κ2) is 14.1. The van der Waals surface area contributed by atoms with Crippen LogP contribution in [0, 0.1) is 24.5 Å². The van der Waals surface area contributed by atoms with Gasteiger partial charge < -0.3 is 9.47 Å². The molecule has 1 unspecified atom stereocenters. The van der Waals surface area contributed by atoms with E-state index in [9.17, 15) is 31.5 Å². The molecular formula is C31H31F5N2O4. The molecule has 11 heteroatoms. The van der Waals surface area contributed by atoms with E-state index in [2.05, 4.69) is 4.98 Å². The van der Waals surface area contributed by atoms with Crippen LogP contribution in [0.2, 0.25) is 0 Å². The molecule has 0 amide bonds. The lowest BCUT2D eigenvalue weighted by Gasteiger charge is -2.18. The Hall–Kier alpha value is -4.28. The SMILES string of the molecule is C.Cc1nc2c(OCc3c(F)cccc3F)cccn2c1C(=O)CCC(CC(=O)OCc1ccccc1)CC(F)(F)F. The first-order chi connectivity index (χ1) is 19.5. The third-order valence-electron chi connectivity index (χ3n) is 6.48. The fourth-order valence-electron chi connectivity index (χ4n) is 4.51. The van der Waals surface area contributed by atoms with Crippen LogP contribution in [0.3, 0.4) is 0 Å². The Balaban J connectivity index is 0.00000484. The van der Waals surface area contributed by atoms with Gasteiger partial charge in [-0.05, 0) is 49.1 Å². The summed E-state index contributed by atoms with van der Waals surface area (Å²) >= 11 is 0. The lowest BCUT2D eigenvalue weighted by molar-refractivity contribution is -0.155. The van der Waals surface area contributed by atoms with Gasteiger partial charge in [0.05, 0.1) is 11.3 Å². The second-order valence-corrected chi connectivity index (χ2v) is 9.60. The Morgan fingerprint density at radius 2 is 1.64 bits per heavy atom. The highest BCUT2D eigenvalue weighted by molar-refractivity contribution is 5.96. The molecule has 0 aliphatic rings. The number of pyridine rings is 1. The molecular weight excluding hydrogens is 559 g/mol. The van der Waals surface area contributed by atoms with Gasteiger partial charge in [-0.15, -0.1) is 0 Å². The Bertz CT molecular complexity index is 1500. The molecule has 0 spiro atoms. The summed E-state index contributed by atoms with van der Waals surface area (Å²) < 4.78 is 80.0. The average molecular weight is 591 g/mol. The van der Waals surface area contributed by atoms with E-state index in [4.69, 9.17) is 9.47 Å². The van der Waals surface area contributed by atoms with Crippen molar-refractivity contribution >= 4 is 17.4 Å². The smallest absolute Gasteiger partial charge is 0.389 e. The number of rotatable bonds is 12. The number of ether oxygens (including phenoxy) is 2. The van der Waals surface area contributed by atoms with Gasteiger partial charge in [0.2, 0.25) is 0 Å². The first kappa shape index (κ1) is 32.2. The van der Waals surface area contributed by atoms with E-state index in [1.165, 1.54) is 22.7 Å². The van der Waals surface area contributed by atoms with E-state index in [0.29, 0.717) is 11.3 Å². The van der Waals surface area contributed by atoms with E-state index in [0.717, 1.165) is 12.1 Å². The lowest BCUT2D eigenvalue weighted by atomic mass is 9.93. The highest BCUT2D eigenvalue weighted by Gasteiger charge is 2.33. The molecule has 0 aliphatic heterocycles. The first-order valence-corrected chi connectivity index (χ1v) is 12.8. The molecule has 2 heterocycles. The molecule has 0 bridgehead atoms. The first-order valence-electron chi connectivity index (χ1n) is 12.8. The molecule has 0 saturated carbocycles. The number of halogens is 5. The maximum absolute atomic E-state index is 14.0. The summed E-state index contributed by atoms with van der Waals surface area (Å²) in [5.41, 5.74) is 1.08. The van der Waals surface area contributed by atoms with Gasteiger partial charge in [0.25, 0.3) is 0 Å². The summed E-state index contributed by atoms with van der Waals surface area (Å²) in [6.07, 6.45) is -5.20. The van der Waals surface area contributed by atoms with Crippen molar-refractivity contribution in [1.82, 2.24) is 9.38 Å². The minimum atomic E-state index is -4.53. The molecule has 0 N–H and O–H groups in total. The van der Waals surface area contributed by atoms with Crippen molar-refractivity contribution < 1.29 is 41.0 Å². The number of fused-ring (bicyclic) bond motifs is 1. The van der Waals surface area contributed by atoms with E-state index < -0.39 is 54.9 Å². The molecule has 1 atom stereocenters. The van der Waals surface area contributed by atoms with Gasteiger partial charge in [0.1, 0.15) is 30.5 Å². The third-order valence-corrected chi connectivity index (χ3v) is 6.48. The number of benzene rings is 2. The summed E-state index contributed by atoms with van der Waals surface area (Å²) in [6, 6.07) is 15.3. The van der Waals surface area contributed by atoms with Gasteiger partial charge in [-0.3, -0.25) is 14.0 Å². The van der Waals surface area contributed by atoms with Gasteiger partial charge >= 0.3 is 12.1 Å². The van der Waals surface area contributed by atoms with Crippen LogP contribution < -0.4 is 4.74 Å². The largest absolute Gasteiger partial charge is 0.485 e. The number of ketones is 1. The number of aromatic nitrogens is 2. The Morgan fingerprint density at radius 1 is 0.952 bits per heavy atom. The number of carbonyl (C=O) groups is 2. The molecule has 224 valence electrons. The molecule has 2 aromatic heterocycles. The van der Waals surface area contributed by atoms with Crippen LogP contribution in [-0.4, -0.2) is 27.3 Å². The number of alkyl halides is 3. The van der Waals surface area contributed by atoms with E-state index in [1.807, 2.05) is 0 Å². The van der Waals surface area contributed by atoms with Crippen molar-refractivity contribution in [2.45, 2.75) is 59.4 Å². The number of hydrogen-bond donors (Lipinski definition) is 0. The number of aryl methyl sites for hydroxylation is 1. The van der Waals surface area contributed by atoms with Gasteiger partial charge in [-0.25, -0.2) is 13.8 Å². The van der Waals surface area contributed by atoms with Crippen molar-refractivity contribution in [2.24, 2.45) is 5.92 Å². The van der Waals surface area contributed by atoms with E-state index >= 15 is 0 Å². The standard InChI is InChI=1S/C30H27F5N2O4.CH4/c1-19-28(37-14-6-11-26(29(37)36-19)40-18-22-23(31)9-5-10-24(22)32)25(38)13-12-21(16-30(33,34)35)15-27(39)41-17-20-7-3-2-4-8-20;/h2-11,14,21H,12-13,15-18H2,1H3;1H4. The molecule has 0 saturated heterocycles. The number of esters is 1. The predicted molar refractivity (Wildman–Crippen MR) is 146 cm³/mol. The van der Waals surface area contributed by atoms with Crippen molar-refractivity contribution in [3.8, 4) is 5.75 Å². The maximum atomic E-state index is 14.0. The topological polar surface area (TPSA) is 69.9 Å². The van der Waals surface area contributed by atoms with Gasteiger partial charge in [0.15, 0.2) is 17.2 Å². The lowest BCUT2D eigenvalue weighted by Crippen LogP contribution is -2.20. The summed E-state index contributed by atoms with van der Waals surface area (Å²) in [5, 5.41) is 0. The van der Waals surface area contributed by atoms with Crippen molar-refractivity contribution in [3.63, 3.8) is 0 Å². The summed E-state index contributed by atoms with van der Waals surface area (Å²) in [5.74, 6) is -3.80. The summed E-state index contributed by atoms with van der Waals surface area (Å²) in [4.78, 5) is 29.9. The van der Waals surface area contributed by atoms with Gasteiger partial charge in [-0.2, -0.15) is 13.2 Å². The minimum absolute atomic E-state index is 0. The highest BCUT2D eigenvalue weighted by atomic mass is 19.4. The van der Waals surface area contributed by atoms with Crippen LogP contribution >= 0.6 is 0 Å². The Morgan fingerprint density at radius 3 is 2.31 bits per heavy atom. The fraction of sp³-hybridized carbons (Fsp3) is 0.323. The van der Waals surface area contributed by atoms with Crippen LogP contribution in [0.5, 0.6) is 5.75 Å². The normalized spacial score (nSPS) is 12.0. The van der Waals surface area contributed by atoms with Crippen molar-refractivity contribution in [2.75, 3.05) is 0 Å². The zero-order valence-electron chi connectivity index (χ0n) is 22.1. The van der Waals surface area contributed by atoms with Gasteiger partial charge in [-0.1, -0.05) is 43.8 Å². The molecule has 6 nitrogen and oxygen atoms in total. The van der Waals surface area contributed by atoms with Crippen LogP contribution in [-0.2, 0) is 22.7 Å². The monoisotopic (exact) mass is 590 g/mol. The number of nitrogens with zero attached hydrogens (tertiary/aromatic N) is 2. The van der Waals surface area contributed by atoms with E-state index in [1.54, 1.807) is 43.3 Å². The van der Waals surface area contributed by atoms with E-state index in [-0.39, 0.29) is 49.5 Å². The Kier molecular flexibility index (Phi) is 10.8. The molecule has 0 aliphatic carbocycles. The maximum Gasteiger partial charge on any atom is 0.389 e. The number of Topliss-reactive ketones (excluding diaryl/α,β-unsaturated/α-hetero) is 1. The van der Waals surface area contributed by atoms with Crippen molar-refractivity contribution in [1.29, 1.82) is 0 Å². The number of imidazole rings is 1. The second-order valence-electron chi connectivity index (χ2n) is 9.60. The van der Waals surface area contributed by atoms with Gasteiger partial charge in [0, 0.05) is 25.5 Å². The van der Waals surface area contributed by atoms with Crippen LogP contribution in [0.1, 0.15) is 60.4 Å². The molecule has 0 radical (unpaired) electrons. The molecule has 0 fully saturated rings. The average Bonchev–Trinajstić information content (AvgIpc) is 3.26. The molecule has 42 heavy (non-hydrogen) atoms. The molecule has 2 aromatic carbocycles. The van der Waals surface area contributed by atoms with Crippen LogP contribution in [0.15, 0.2) is 66.9 Å². The zero-order valence-corrected chi connectivity index (χ0v) is 22.1. The fourth-order valence-corrected chi connectivity index (χ4v) is 4.51. The Labute approximate surface area is 240 Å². The summed E-state index contributed by atoms with van der Waals surface area (Å²) in [6.45, 7) is 1.08. The van der Waals surface area contributed by atoms with Crippen molar-refractivity contribution in [3.05, 3.63) is 101 Å². The zero-order chi connectivity index (χ0) is 29.6. The summed E-state index contributed by atoms with van der Waals surface area (Å²) in [7, 11) is 0. The predicted octanol–water partition coefficient (Wildman–Crippen LogP) is 7.80.